The Hall–Kier alpha value is -1.03. The predicted molar refractivity (Wildman–Crippen MR) is 59.1 cm³/mol. The Balaban J connectivity index is 2.85. The normalized spacial score (nSPS) is 11.5. The minimum absolute atomic E-state index is 0.502. The molecule has 0 aliphatic heterocycles. The van der Waals surface area contributed by atoms with Crippen LogP contribution in [-0.4, -0.2) is 25.0 Å². The number of nitrogens with two attached hydrogens (primary N) is 1. The van der Waals surface area contributed by atoms with Crippen molar-refractivity contribution in [3.05, 3.63) is 28.7 Å². The number of hydrogen-bond acceptors (Lipinski definition) is 1. The monoisotopic (exact) mass is 241 g/mol. The van der Waals surface area contributed by atoms with Crippen molar-refractivity contribution in [2.75, 3.05) is 14.1 Å². The SMILES string of the molecule is CN(C)C(N)=Nc1ccc(Br)cc1. The topological polar surface area (TPSA) is 41.6 Å². The lowest BCUT2D eigenvalue weighted by molar-refractivity contribution is 0.615. The van der Waals surface area contributed by atoms with E-state index < -0.39 is 0 Å². The number of aliphatic imine (C=N–C) groups is 1. The highest BCUT2D eigenvalue weighted by Crippen LogP contribution is 2.16. The predicted octanol–water partition coefficient (Wildman–Crippen LogP) is 1.96. The van der Waals surface area contributed by atoms with E-state index in [4.69, 9.17) is 5.73 Å². The van der Waals surface area contributed by atoms with Crippen molar-refractivity contribution in [2.24, 2.45) is 10.7 Å². The molecule has 0 aliphatic rings. The molecule has 2 N–H and O–H groups in total. The maximum atomic E-state index is 5.65. The quantitative estimate of drug-likeness (QED) is 0.604. The molecule has 0 fully saturated rings. The summed E-state index contributed by atoms with van der Waals surface area (Å²) in [4.78, 5) is 5.97. The molecule has 0 unspecified atom stereocenters. The molecule has 0 radical (unpaired) electrons. The third kappa shape index (κ3) is 3.06. The smallest absolute Gasteiger partial charge is 0.195 e. The standard InChI is InChI=1S/C9H12BrN3/c1-13(2)9(11)12-8-5-3-7(10)4-6-8/h3-6H,1-2H3,(H2,11,12). The van der Waals surface area contributed by atoms with Gasteiger partial charge in [0.2, 0.25) is 0 Å². The molecule has 70 valence electrons. The highest BCUT2D eigenvalue weighted by Gasteiger charge is 1.94. The molecule has 0 saturated carbocycles. The van der Waals surface area contributed by atoms with E-state index in [1.54, 1.807) is 4.90 Å². The largest absolute Gasteiger partial charge is 0.370 e. The van der Waals surface area contributed by atoms with E-state index in [1.165, 1.54) is 0 Å². The number of nitrogens with zero attached hydrogens (tertiary/aromatic N) is 2. The van der Waals surface area contributed by atoms with Crippen LogP contribution in [0.3, 0.4) is 0 Å². The van der Waals surface area contributed by atoms with Crippen LogP contribution in [0.2, 0.25) is 0 Å². The van der Waals surface area contributed by atoms with Gasteiger partial charge in [-0.25, -0.2) is 4.99 Å². The first-order valence-electron chi connectivity index (χ1n) is 3.86. The average Bonchev–Trinajstić information content (AvgIpc) is 2.08. The van der Waals surface area contributed by atoms with E-state index >= 15 is 0 Å². The van der Waals surface area contributed by atoms with Crippen LogP contribution in [0.1, 0.15) is 0 Å². The van der Waals surface area contributed by atoms with Crippen molar-refractivity contribution in [3.63, 3.8) is 0 Å². The van der Waals surface area contributed by atoms with E-state index in [9.17, 15) is 0 Å². The van der Waals surface area contributed by atoms with Gasteiger partial charge in [-0.2, -0.15) is 0 Å². The summed E-state index contributed by atoms with van der Waals surface area (Å²) in [5.74, 6) is 0.502. The molecule has 1 aromatic rings. The van der Waals surface area contributed by atoms with Crippen molar-refractivity contribution in [3.8, 4) is 0 Å². The van der Waals surface area contributed by atoms with Gasteiger partial charge < -0.3 is 10.6 Å². The fraction of sp³-hybridized carbons (Fsp3) is 0.222. The zero-order chi connectivity index (χ0) is 9.84. The minimum atomic E-state index is 0.502. The van der Waals surface area contributed by atoms with E-state index in [-0.39, 0.29) is 0 Å². The second-order valence-corrected chi connectivity index (χ2v) is 3.76. The van der Waals surface area contributed by atoms with Crippen LogP contribution >= 0.6 is 15.9 Å². The van der Waals surface area contributed by atoms with Gasteiger partial charge in [-0.15, -0.1) is 0 Å². The number of hydrogen-bond donors (Lipinski definition) is 1. The minimum Gasteiger partial charge on any atom is -0.370 e. The third-order valence-electron chi connectivity index (χ3n) is 1.53. The molecule has 3 nitrogen and oxygen atoms in total. The summed E-state index contributed by atoms with van der Waals surface area (Å²) >= 11 is 3.35. The van der Waals surface area contributed by atoms with Crippen molar-refractivity contribution in [2.45, 2.75) is 0 Å². The summed E-state index contributed by atoms with van der Waals surface area (Å²) in [5, 5.41) is 0. The lowest BCUT2D eigenvalue weighted by atomic mass is 10.3. The zero-order valence-corrected chi connectivity index (χ0v) is 9.25. The van der Waals surface area contributed by atoms with Crippen LogP contribution in [-0.2, 0) is 0 Å². The van der Waals surface area contributed by atoms with Gasteiger partial charge in [0.1, 0.15) is 0 Å². The first-order chi connectivity index (χ1) is 6.09. The van der Waals surface area contributed by atoms with Crippen LogP contribution in [0, 0.1) is 0 Å². The fourth-order valence-electron chi connectivity index (χ4n) is 0.748. The van der Waals surface area contributed by atoms with Crippen molar-refractivity contribution in [1.29, 1.82) is 0 Å². The molecule has 0 bridgehead atoms. The number of guanidine groups is 1. The number of rotatable bonds is 1. The molecule has 0 saturated heterocycles. The van der Waals surface area contributed by atoms with Crippen molar-refractivity contribution < 1.29 is 0 Å². The van der Waals surface area contributed by atoms with Gasteiger partial charge in [-0.05, 0) is 24.3 Å². The van der Waals surface area contributed by atoms with Crippen LogP contribution in [0.5, 0.6) is 0 Å². The van der Waals surface area contributed by atoms with E-state index in [2.05, 4.69) is 20.9 Å². The van der Waals surface area contributed by atoms with Crippen LogP contribution in [0.4, 0.5) is 5.69 Å². The summed E-state index contributed by atoms with van der Waals surface area (Å²) in [6.45, 7) is 0. The van der Waals surface area contributed by atoms with Crippen LogP contribution in [0.25, 0.3) is 0 Å². The highest BCUT2D eigenvalue weighted by atomic mass is 79.9. The van der Waals surface area contributed by atoms with E-state index in [1.807, 2.05) is 38.4 Å². The van der Waals surface area contributed by atoms with Gasteiger partial charge in [0.25, 0.3) is 0 Å². The summed E-state index contributed by atoms with van der Waals surface area (Å²) in [6, 6.07) is 7.67. The summed E-state index contributed by atoms with van der Waals surface area (Å²) in [6.07, 6.45) is 0. The van der Waals surface area contributed by atoms with Gasteiger partial charge in [-0.3, -0.25) is 0 Å². The summed E-state index contributed by atoms with van der Waals surface area (Å²) in [7, 11) is 3.72. The summed E-state index contributed by atoms with van der Waals surface area (Å²) in [5.41, 5.74) is 6.51. The Kier molecular flexibility index (Phi) is 3.31. The first kappa shape index (κ1) is 10.1. The van der Waals surface area contributed by atoms with Crippen molar-refractivity contribution in [1.82, 2.24) is 4.90 Å². The maximum absolute atomic E-state index is 5.65. The molecular formula is C9H12BrN3. The second-order valence-electron chi connectivity index (χ2n) is 2.84. The Morgan fingerprint density at radius 2 is 1.85 bits per heavy atom. The molecule has 1 aromatic carbocycles. The average molecular weight is 242 g/mol. The van der Waals surface area contributed by atoms with Gasteiger partial charge in [-0.1, -0.05) is 15.9 Å². The molecule has 4 heteroatoms. The van der Waals surface area contributed by atoms with Crippen LogP contribution in [0.15, 0.2) is 33.7 Å². The third-order valence-corrected chi connectivity index (χ3v) is 2.06. The Labute approximate surface area is 86.4 Å². The van der Waals surface area contributed by atoms with E-state index in [0.717, 1.165) is 10.2 Å². The molecule has 0 heterocycles. The summed E-state index contributed by atoms with van der Waals surface area (Å²) < 4.78 is 1.04. The zero-order valence-electron chi connectivity index (χ0n) is 7.66. The molecule has 1 rings (SSSR count). The highest BCUT2D eigenvalue weighted by molar-refractivity contribution is 9.10. The lowest BCUT2D eigenvalue weighted by Gasteiger charge is -2.09. The number of benzene rings is 1. The van der Waals surface area contributed by atoms with Gasteiger partial charge >= 0.3 is 0 Å². The molecule has 13 heavy (non-hydrogen) atoms. The second kappa shape index (κ2) is 4.28. The molecular weight excluding hydrogens is 230 g/mol. The Morgan fingerprint density at radius 1 is 1.31 bits per heavy atom. The first-order valence-corrected chi connectivity index (χ1v) is 4.66. The molecule has 0 spiro atoms. The van der Waals surface area contributed by atoms with Crippen molar-refractivity contribution >= 4 is 27.6 Å². The fourth-order valence-corrected chi connectivity index (χ4v) is 1.01. The Bertz CT molecular complexity index is 303. The molecule has 0 atom stereocenters. The lowest BCUT2D eigenvalue weighted by Crippen LogP contribution is -2.29. The molecule has 0 aliphatic carbocycles. The van der Waals surface area contributed by atoms with Gasteiger partial charge in [0.05, 0.1) is 5.69 Å². The molecule has 0 aromatic heterocycles. The van der Waals surface area contributed by atoms with Crippen LogP contribution < -0.4 is 5.73 Å². The maximum Gasteiger partial charge on any atom is 0.195 e. The van der Waals surface area contributed by atoms with E-state index in [0.29, 0.717) is 5.96 Å². The van der Waals surface area contributed by atoms with Gasteiger partial charge in [0, 0.05) is 18.6 Å². The Morgan fingerprint density at radius 3 is 2.31 bits per heavy atom. The number of halogens is 1. The molecule has 0 amide bonds. The van der Waals surface area contributed by atoms with Gasteiger partial charge in [0.15, 0.2) is 5.96 Å².